The molecule has 0 aliphatic carbocycles. The number of fused-ring (bicyclic) bond motifs is 5. The van der Waals surface area contributed by atoms with E-state index in [2.05, 4.69) is 20.4 Å². The molecule has 0 spiro atoms. The first kappa shape index (κ1) is 18.7. The van der Waals surface area contributed by atoms with Gasteiger partial charge in [-0.25, -0.2) is 0 Å². The van der Waals surface area contributed by atoms with Gasteiger partial charge in [0.2, 0.25) is 5.91 Å². The van der Waals surface area contributed by atoms with Gasteiger partial charge in [0, 0.05) is 62.9 Å². The monoisotopic (exact) mass is 395 g/mol. The third-order valence-corrected chi connectivity index (χ3v) is 7.02. The Morgan fingerprint density at radius 3 is 2.93 bits per heavy atom. The van der Waals surface area contributed by atoms with Gasteiger partial charge in [-0.1, -0.05) is 18.2 Å². The number of nitrogens with zero attached hydrogens (tertiary/aromatic N) is 3. The summed E-state index contributed by atoms with van der Waals surface area (Å²) in [6.07, 6.45) is 5.91. The van der Waals surface area contributed by atoms with Gasteiger partial charge in [-0.3, -0.25) is 9.59 Å². The topological polar surface area (TPSA) is 54.8 Å². The molecule has 0 unspecified atom stereocenters. The number of likely N-dealkylation sites (tertiary alicyclic amines) is 1. The molecule has 6 heteroatoms. The molecule has 2 amide bonds. The molecule has 6 nitrogen and oxygen atoms in total. The maximum atomic E-state index is 13.6. The van der Waals surface area contributed by atoms with Crippen LogP contribution in [0, 0.1) is 11.8 Å². The first-order valence-corrected chi connectivity index (χ1v) is 10.8. The number of carbonyl (C=O) groups excluding carboxylic acids is 2. The van der Waals surface area contributed by atoms with Crippen molar-refractivity contribution in [2.75, 3.05) is 33.4 Å². The van der Waals surface area contributed by atoms with Crippen molar-refractivity contribution < 1.29 is 14.3 Å². The van der Waals surface area contributed by atoms with Crippen molar-refractivity contribution in [2.24, 2.45) is 11.8 Å². The molecule has 1 aromatic heterocycles. The molecule has 2 bridgehead atoms. The van der Waals surface area contributed by atoms with E-state index in [4.69, 9.17) is 4.74 Å². The SMILES string of the molecule is COCCn1cc(C(=O)N2C[C@H]3C[C@@H](C2)[C@@H]2CCCC(=O)N2C3)c2ccccc21. The zero-order valence-electron chi connectivity index (χ0n) is 17.0. The number of carbonyl (C=O) groups is 2. The van der Waals surface area contributed by atoms with Gasteiger partial charge in [0.15, 0.2) is 0 Å². The normalized spacial score (nSPS) is 26.7. The van der Waals surface area contributed by atoms with E-state index in [-0.39, 0.29) is 5.91 Å². The van der Waals surface area contributed by atoms with Crippen molar-refractivity contribution in [3.63, 3.8) is 0 Å². The minimum absolute atomic E-state index is 0.127. The molecule has 1 aromatic carbocycles. The lowest BCUT2D eigenvalue weighted by molar-refractivity contribution is -0.144. The molecular formula is C23H29N3O3. The summed E-state index contributed by atoms with van der Waals surface area (Å²) < 4.78 is 7.37. The van der Waals surface area contributed by atoms with Crippen molar-refractivity contribution in [1.29, 1.82) is 0 Å². The Labute approximate surface area is 171 Å². The molecule has 0 radical (unpaired) electrons. The van der Waals surface area contributed by atoms with Crippen molar-refractivity contribution in [1.82, 2.24) is 14.4 Å². The Morgan fingerprint density at radius 2 is 2.07 bits per heavy atom. The maximum Gasteiger partial charge on any atom is 0.256 e. The minimum Gasteiger partial charge on any atom is -0.383 e. The van der Waals surface area contributed by atoms with E-state index < -0.39 is 0 Å². The van der Waals surface area contributed by atoms with E-state index in [1.807, 2.05) is 24.4 Å². The fourth-order valence-electron chi connectivity index (χ4n) is 5.74. The number of benzene rings is 1. The Balaban J connectivity index is 1.41. The van der Waals surface area contributed by atoms with Crippen LogP contribution in [0.2, 0.25) is 0 Å². The van der Waals surface area contributed by atoms with Gasteiger partial charge in [-0.2, -0.15) is 0 Å². The summed E-state index contributed by atoms with van der Waals surface area (Å²) >= 11 is 0. The predicted molar refractivity (Wildman–Crippen MR) is 111 cm³/mol. The number of methoxy groups -OCH3 is 1. The molecule has 4 heterocycles. The van der Waals surface area contributed by atoms with Crippen LogP contribution < -0.4 is 0 Å². The van der Waals surface area contributed by atoms with Gasteiger partial charge in [-0.05, 0) is 37.2 Å². The molecule has 5 rings (SSSR count). The molecule has 3 aliphatic rings. The smallest absolute Gasteiger partial charge is 0.256 e. The number of hydrogen-bond acceptors (Lipinski definition) is 3. The number of para-hydroxylation sites is 1. The first-order chi connectivity index (χ1) is 14.2. The Bertz CT molecular complexity index is 937. The average molecular weight is 396 g/mol. The minimum atomic E-state index is 0.127. The highest BCUT2D eigenvalue weighted by atomic mass is 16.5. The van der Waals surface area contributed by atoms with Crippen LogP contribution in [0.3, 0.4) is 0 Å². The van der Waals surface area contributed by atoms with Crippen molar-refractivity contribution in [3.05, 3.63) is 36.0 Å². The lowest BCUT2D eigenvalue weighted by Gasteiger charge is -2.52. The van der Waals surface area contributed by atoms with Gasteiger partial charge in [0.1, 0.15) is 0 Å². The number of piperidine rings is 3. The fourth-order valence-corrected chi connectivity index (χ4v) is 5.74. The fraction of sp³-hybridized carbons (Fsp3) is 0.565. The van der Waals surface area contributed by atoms with Gasteiger partial charge in [0.25, 0.3) is 5.91 Å². The highest BCUT2D eigenvalue weighted by molar-refractivity contribution is 6.07. The lowest BCUT2D eigenvalue weighted by atomic mass is 9.76. The maximum absolute atomic E-state index is 13.6. The third kappa shape index (κ3) is 3.23. The third-order valence-electron chi connectivity index (χ3n) is 7.02. The molecule has 3 atom stereocenters. The van der Waals surface area contributed by atoms with Gasteiger partial charge in [0.05, 0.1) is 12.2 Å². The van der Waals surface area contributed by atoms with E-state index in [0.717, 1.165) is 61.9 Å². The highest BCUT2D eigenvalue weighted by Gasteiger charge is 2.45. The molecule has 154 valence electrons. The van der Waals surface area contributed by atoms with E-state index in [1.54, 1.807) is 7.11 Å². The van der Waals surface area contributed by atoms with Crippen molar-refractivity contribution >= 4 is 22.7 Å². The largest absolute Gasteiger partial charge is 0.383 e. The van der Waals surface area contributed by atoms with E-state index in [9.17, 15) is 9.59 Å². The predicted octanol–water partition coefficient (Wildman–Crippen LogP) is 2.76. The van der Waals surface area contributed by atoms with Crippen LogP contribution in [0.25, 0.3) is 10.9 Å². The average Bonchev–Trinajstić information content (AvgIpc) is 3.11. The van der Waals surface area contributed by atoms with Crippen LogP contribution >= 0.6 is 0 Å². The second-order valence-electron chi connectivity index (χ2n) is 8.82. The summed E-state index contributed by atoms with van der Waals surface area (Å²) in [5, 5.41) is 1.01. The van der Waals surface area contributed by atoms with E-state index >= 15 is 0 Å². The number of rotatable bonds is 4. The van der Waals surface area contributed by atoms with Gasteiger partial charge < -0.3 is 19.1 Å². The molecular weight excluding hydrogens is 366 g/mol. The van der Waals surface area contributed by atoms with Crippen LogP contribution in [-0.2, 0) is 16.1 Å². The van der Waals surface area contributed by atoms with E-state index in [1.165, 1.54) is 0 Å². The summed E-state index contributed by atoms with van der Waals surface area (Å²) in [6.45, 7) is 3.69. The molecule has 0 N–H and O–H groups in total. The first-order valence-electron chi connectivity index (χ1n) is 10.8. The molecule has 29 heavy (non-hydrogen) atoms. The van der Waals surface area contributed by atoms with Crippen LogP contribution in [0.4, 0.5) is 0 Å². The number of hydrogen-bond donors (Lipinski definition) is 0. The summed E-state index contributed by atoms with van der Waals surface area (Å²) in [5.41, 5.74) is 1.86. The molecule has 2 aromatic rings. The van der Waals surface area contributed by atoms with Gasteiger partial charge in [-0.15, -0.1) is 0 Å². The van der Waals surface area contributed by atoms with Crippen LogP contribution in [0.1, 0.15) is 36.0 Å². The molecule has 3 fully saturated rings. The zero-order valence-corrected chi connectivity index (χ0v) is 17.0. The molecule has 0 saturated carbocycles. The number of ether oxygens (including phenoxy) is 1. The lowest BCUT2D eigenvalue weighted by Crippen LogP contribution is -2.61. The van der Waals surface area contributed by atoms with Crippen molar-refractivity contribution in [3.8, 4) is 0 Å². The van der Waals surface area contributed by atoms with Crippen molar-refractivity contribution in [2.45, 2.75) is 38.3 Å². The number of aromatic nitrogens is 1. The summed E-state index contributed by atoms with van der Waals surface area (Å²) in [6, 6.07) is 8.44. The Morgan fingerprint density at radius 1 is 1.21 bits per heavy atom. The Hall–Kier alpha value is -2.34. The second kappa shape index (κ2) is 7.48. The van der Waals surface area contributed by atoms with Gasteiger partial charge >= 0.3 is 0 Å². The standard InChI is InChI=1S/C23H29N3O3/c1-29-10-9-24-15-19(18-5-2-3-6-21(18)24)23(28)25-12-16-11-17(14-25)20-7-4-8-22(27)26(20)13-16/h2-3,5-6,15-17,20H,4,7-14H2,1H3/t16-,17+,20+/m1/s1. The molecule has 3 aliphatic heterocycles. The summed E-state index contributed by atoms with van der Waals surface area (Å²) in [7, 11) is 1.70. The highest BCUT2D eigenvalue weighted by Crippen LogP contribution is 2.38. The summed E-state index contributed by atoms with van der Waals surface area (Å²) in [4.78, 5) is 30.1. The summed E-state index contributed by atoms with van der Waals surface area (Å²) in [5.74, 6) is 1.26. The van der Waals surface area contributed by atoms with Crippen LogP contribution in [-0.4, -0.2) is 65.6 Å². The van der Waals surface area contributed by atoms with Crippen LogP contribution in [0.5, 0.6) is 0 Å². The second-order valence-corrected chi connectivity index (χ2v) is 8.82. The molecule has 3 saturated heterocycles. The van der Waals surface area contributed by atoms with E-state index in [0.29, 0.717) is 36.8 Å². The quantitative estimate of drug-likeness (QED) is 0.800. The van der Waals surface area contributed by atoms with Crippen LogP contribution in [0.15, 0.2) is 30.5 Å². The number of amides is 2. The Kier molecular flexibility index (Phi) is 4.82. The zero-order chi connectivity index (χ0) is 20.0.